The maximum Gasteiger partial charge on any atom is 0.272 e. The maximum absolute atomic E-state index is 13.3. The Hall–Kier alpha value is -2.70. The molecule has 0 radical (unpaired) electrons. The number of carbonyl (C=O) groups is 1. The maximum atomic E-state index is 13.3. The Labute approximate surface area is 180 Å². The van der Waals surface area contributed by atoms with Crippen LogP contribution in [0.1, 0.15) is 39.8 Å². The van der Waals surface area contributed by atoms with Crippen LogP contribution >= 0.6 is 11.6 Å². The molecule has 1 aliphatic carbocycles. The van der Waals surface area contributed by atoms with Gasteiger partial charge in [0.1, 0.15) is 5.82 Å². The van der Waals surface area contributed by atoms with Crippen LogP contribution in [0.5, 0.6) is 0 Å². The van der Waals surface area contributed by atoms with E-state index in [1.54, 1.807) is 16.8 Å². The molecule has 30 heavy (non-hydrogen) atoms. The lowest BCUT2D eigenvalue weighted by Gasteiger charge is -2.25. The predicted molar refractivity (Wildman–Crippen MR) is 116 cm³/mol. The first-order valence-corrected chi connectivity index (χ1v) is 10.4. The van der Waals surface area contributed by atoms with Crippen molar-refractivity contribution in [3.05, 3.63) is 81.9 Å². The Balaban J connectivity index is 1.57. The summed E-state index contributed by atoms with van der Waals surface area (Å²) < 4.78 is 15.1. The van der Waals surface area contributed by atoms with Crippen molar-refractivity contribution in [3.8, 4) is 5.69 Å². The molecule has 0 aliphatic heterocycles. The lowest BCUT2D eigenvalue weighted by Crippen LogP contribution is -2.35. The summed E-state index contributed by atoms with van der Waals surface area (Å²) in [6, 6.07) is 13.8. The van der Waals surface area contributed by atoms with Gasteiger partial charge in [-0.15, -0.1) is 0 Å². The zero-order valence-electron chi connectivity index (χ0n) is 17.0. The second kappa shape index (κ2) is 8.58. The van der Waals surface area contributed by atoms with Gasteiger partial charge in [0.25, 0.3) is 5.91 Å². The normalized spacial score (nSPS) is 14.0. The zero-order chi connectivity index (χ0) is 21.3. The molecule has 1 aromatic heterocycles. The number of aromatic nitrogens is 2. The molecule has 0 saturated heterocycles. The molecule has 156 valence electrons. The predicted octanol–water partition coefficient (Wildman–Crippen LogP) is 4.19. The number of carbonyl (C=O) groups excluding carboxylic acids is 1. The van der Waals surface area contributed by atoms with E-state index in [4.69, 9.17) is 11.6 Å². The summed E-state index contributed by atoms with van der Waals surface area (Å²) in [6.07, 6.45) is 2.66. The van der Waals surface area contributed by atoms with Crippen molar-refractivity contribution >= 4 is 17.5 Å². The highest BCUT2D eigenvalue weighted by Crippen LogP contribution is 2.29. The minimum Gasteiger partial charge on any atom is -0.349 e. The minimum atomic E-state index is -0.296. The first kappa shape index (κ1) is 20.6. The summed E-state index contributed by atoms with van der Waals surface area (Å²) in [6.45, 7) is 0.410. The first-order chi connectivity index (χ1) is 14.5. The summed E-state index contributed by atoms with van der Waals surface area (Å²) in [5.41, 5.74) is 4.18. The van der Waals surface area contributed by atoms with Crippen LogP contribution in [0.3, 0.4) is 0 Å². The summed E-state index contributed by atoms with van der Waals surface area (Å²) in [7, 11) is 3.92. The van der Waals surface area contributed by atoms with E-state index in [9.17, 15) is 9.18 Å². The molecule has 0 bridgehead atoms. The number of halogens is 2. The van der Waals surface area contributed by atoms with Crippen molar-refractivity contribution in [3.63, 3.8) is 0 Å². The number of amides is 1. The van der Waals surface area contributed by atoms with Crippen LogP contribution < -0.4 is 5.32 Å². The molecular formula is C23H24ClFN4O. The SMILES string of the molecule is CN(C)[C@H](CNC(=O)c1nn(-c2ccc(F)cc2)c2c1CCC2)c1ccccc1Cl. The van der Waals surface area contributed by atoms with E-state index in [2.05, 4.69) is 10.4 Å². The third-order valence-electron chi connectivity index (χ3n) is 5.56. The number of benzene rings is 2. The van der Waals surface area contributed by atoms with Gasteiger partial charge in [-0.25, -0.2) is 9.07 Å². The van der Waals surface area contributed by atoms with E-state index in [0.717, 1.165) is 41.8 Å². The van der Waals surface area contributed by atoms with Crippen LogP contribution in [-0.2, 0) is 12.8 Å². The fourth-order valence-electron chi connectivity index (χ4n) is 4.00. The summed E-state index contributed by atoms with van der Waals surface area (Å²) in [5, 5.41) is 8.29. The largest absolute Gasteiger partial charge is 0.349 e. The molecule has 1 N–H and O–H groups in total. The number of rotatable bonds is 6. The van der Waals surface area contributed by atoms with Gasteiger partial charge in [0, 0.05) is 22.8 Å². The highest BCUT2D eigenvalue weighted by atomic mass is 35.5. The lowest BCUT2D eigenvalue weighted by molar-refractivity contribution is 0.0935. The van der Waals surface area contributed by atoms with E-state index in [1.807, 2.05) is 43.3 Å². The zero-order valence-corrected chi connectivity index (χ0v) is 17.8. The fraction of sp³-hybridized carbons (Fsp3) is 0.304. The van der Waals surface area contributed by atoms with Gasteiger partial charge in [0.15, 0.2) is 5.69 Å². The van der Waals surface area contributed by atoms with Crippen LogP contribution in [0, 0.1) is 5.82 Å². The number of hydrogen-bond donors (Lipinski definition) is 1. The van der Waals surface area contributed by atoms with Gasteiger partial charge in [0.2, 0.25) is 0 Å². The molecule has 0 unspecified atom stereocenters. The number of hydrogen-bond acceptors (Lipinski definition) is 3. The van der Waals surface area contributed by atoms with Gasteiger partial charge in [-0.2, -0.15) is 5.10 Å². The summed E-state index contributed by atoms with van der Waals surface area (Å²) in [4.78, 5) is 15.1. The molecule has 2 aromatic carbocycles. The van der Waals surface area contributed by atoms with Crippen molar-refractivity contribution in [2.24, 2.45) is 0 Å². The van der Waals surface area contributed by atoms with E-state index in [1.165, 1.54) is 12.1 Å². The second-order valence-corrected chi connectivity index (χ2v) is 8.13. The smallest absolute Gasteiger partial charge is 0.272 e. The van der Waals surface area contributed by atoms with Crippen molar-refractivity contribution in [2.45, 2.75) is 25.3 Å². The van der Waals surface area contributed by atoms with Gasteiger partial charge < -0.3 is 10.2 Å². The Kier molecular flexibility index (Phi) is 5.88. The average Bonchev–Trinajstić information content (AvgIpc) is 3.32. The average molecular weight is 427 g/mol. The number of likely N-dealkylation sites (N-methyl/N-ethyl adjacent to an activating group) is 1. The van der Waals surface area contributed by atoms with Gasteiger partial charge in [0.05, 0.1) is 11.7 Å². The molecule has 1 heterocycles. The van der Waals surface area contributed by atoms with Crippen molar-refractivity contribution < 1.29 is 9.18 Å². The topological polar surface area (TPSA) is 50.2 Å². The van der Waals surface area contributed by atoms with Crippen LogP contribution in [0.15, 0.2) is 48.5 Å². The molecular weight excluding hydrogens is 403 g/mol. The monoisotopic (exact) mass is 426 g/mol. The van der Waals surface area contributed by atoms with Crippen LogP contribution in [0.2, 0.25) is 5.02 Å². The molecule has 1 atom stereocenters. The number of fused-ring (bicyclic) bond motifs is 1. The Morgan fingerprint density at radius 1 is 1.20 bits per heavy atom. The van der Waals surface area contributed by atoms with Gasteiger partial charge >= 0.3 is 0 Å². The molecule has 0 fully saturated rings. The highest BCUT2D eigenvalue weighted by molar-refractivity contribution is 6.31. The van der Waals surface area contributed by atoms with Gasteiger partial charge in [-0.1, -0.05) is 29.8 Å². The highest BCUT2D eigenvalue weighted by Gasteiger charge is 2.27. The standard InChI is InChI=1S/C23H24ClFN4O/c1-28(2)21(17-6-3-4-8-19(17)24)14-26-23(30)22-18-7-5-9-20(18)29(27-22)16-12-10-15(25)11-13-16/h3-4,6,8,10-13,21H,5,7,9,14H2,1-2H3,(H,26,30)/t21-/m1/s1. The van der Waals surface area contributed by atoms with Crippen molar-refractivity contribution in [2.75, 3.05) is 20.6 Å². The quantitative estimate of drug-likeness (QED) is 0.643. The van der Waals surface area contributed by atoms with Crippen molar-refractivity contribution in [1.82, 2.24) is 20.0 Å². The number of nitrogens with one attached hydrogen (secondary N) is 1. The summed E-state index contributed by atoms with van der Waals surface area (Å²) >= 11 is 6.37. The molecule has 5 nitrogen and oxygen atoms in total. The minimum absolute atomic E-state index is 0.0603. The van der Waals surface area contributed by atoms with Crippen molar-refractivity contribution in [1.29, 1.82) is 0 Å². The van der Waals surface area contributed by atoms with Crippen LogP contribution in [0.4, 0.5) is 4.39 Å². The first-order valence-electron chi connectivity index (χ1n) is 10.0. The molecule has 0 saturated carbocycles. The molecule has 0 spiro atoms. The van der Waals surface area contributed by atoms with Crippen LogP contribution in [0.25, 0.3) is 5.69 Å². The van der Waals surface area contributed by atoms with Crippen LogP contribution in [-0.4, -0.2) is 41.2 Å². The molecule has 1 aliphatic rings. The van der Waals surface area contributed by atoms with E-state index in [-0.39, 0.29) is 17.8 Å². The lowest BCUT2D eigenvalue weighted by atomic mass is 10.1. The van der Waals surface area contributed by atoms with E-state index < -0.39 is 0 Å². The number of nitrogens with zero attached hydrogens (tertiary/aromatic N) is 3. The van der Waals surface area contributed by atoms with E-state index >= 15 is 0 Å². The Morgan fingerprint density at radius 2 is 1.93 bits per heavy atom. The van der Waals surface area contributed by atoms with Gasteiger partial charge in [-0.3, -0.25) is 4.79 Å². The third-order valence-corrected chi connectivity index (χ3v) is 5.90. The Morgan fingerprint density at radius 3 is 2.63 bits per heavy atom. The third kappa shape index (κ3) is 3.98. The van der Waals surface area contributed by atoms with Gasteiger partial charge in [-0.05, 0) is 69.3 Å². The molecule has 1 amide bonds. The Bertz CT molecular complexity index is 1060. The van der Waals surface area contributed by atoms with E-state index in [0.29, 0.717) is 17.3 Å². The molecule has 3 aromatic rings. The fourth-order valence-corrected chi connectivity index (χ4v) is 4.27. The molecule has 7 heteroatoms. The molecule has 4 rings (SSSR count). The summed E-state index contributed by atoms with van der Waals surface area (Å²) in [5.74, 6) is -0.497. The second-order valence-electron chi connectivity index (χ2n) is 7.73.